The molecule has 1 saturated heterocycles. The lowest BCUT2D eigenvalue weighted by Gasteiger charge is -2.30. The van der Waals surface area contributed by atoms with Gasteiger partial charge in [-0.25, -0.2) is 0 Å². The molecule has 3 heterocycles. The van der Waals surface area contributed by atoms with Gasteiger partial charge in [0.1, 0.15) is 0 Å². The van der Waals surface area contributed by atoms with Crippen molar-refractivity contribution in [2.45, 2.75) is 51.5 Å². The van der Waals surface area contributed by atoms with E-state index in [4.69, 9.17) is 4.52 Å². The predicted octanol–water partition coefficient (Wildman–Crippen LogP) is 4.02. The van der Waals surface area contributed by atoms with E-state index in [9.17, 15) is 4.79 Å². The zero-order chi connectivity index (χ0) is 19.2. The lowest BCUT2D eigenvalue weighted by molar-refractivity contribution is -0.126. The van der Waals surface area contributed by atoms with Gasteiger partial charge in [0.05, 0.1) is 11.4 Å². The van der Waals surface area contributed by atoms with Gasteiger partial charge in [0.25, 0.3) is 0 Å². The van der Waals surface area contributed by atoms with E-state index in [-0.39, 0.29) is 11.8 Å². The minimum absolute atomic E-state index is 0.126. The number of carbonyl (C=O) groups excluding carboxylic acids is 1. The summed E-state index contributed by atoms with van der Waals surface area (Å²) in [6.45, 7) is 3.21. The summed E-state index contributed by atoms with van der Waals surface area (Å²) in [4.78, 5) is 20.3. The number of piperidine rings is 1. The summed E-state index contributed by atoms with van der Waals surface area (Å²) >= 11 is 1.61. The Bertz CT molecular complexity index is 791. The molecule has 7 heteroatoms. The average Bonchev–Trinajstić information content (AvgIpc) is 3.41. The lowest BCUT2D eigenvalue weighted by Crippen LogP contribution is -2.40. The van der Waals surface area contributed by atoms with Crippen molar-refractivity contribution in [3.8, 4) is 10.7 Å². The topological polar surface area (TPSA) is 71.3 Å². The summed E-state index contributed by atoms with van der Waals surface area (Å²) in [6.07, 6.45) is 10.2. The number of carbonyl (C=O) groups is 1. The fraction of sp³-hybridized carbons (Fsp3) is 0.571. The summed E-state index contributed by atoms with van der Waals surface area (Å²) in [6, 6.07) is 3.98. The first kappa shape index (κ1) is 19.3. The zero-order valence-corrected chi connectivity index (χ0v) is 17.0. The molecule has 0 unspecified atom stereocenters. The molecular weight excluding hydrogens is 372 g/mol. The molecule has 150 valence electrons. The van der Waals surface area contributed by atoms with Gasteiger partial charge in [0, 0.05) is 12.5 Å². The molecular formula is C21H28N4O2S. The van der Waals surface area contributed by atoms with Gasteiger partial charge >= 0.3 is 0 Å². The summed E-state index contributed by atoms with van der Waals surface area (Å²) in [5, 5.41) is 9.22. The fourth-order valence-corrected chi connectivity index (χ4v) is 4.64. The molecule has 2 aromatic rings. The highest BCUT2D eigenvalue weighted by Crippen LogP contribution is 2.23. The van der Waals surface area contributed by atoms with E-state index in [1.165, 1.54) is 31.3 Å². The minimum Gasteiger partial charge on any atom is -0.356 e. The van der Waals surface area contributed by atoms with Gasteiger partial charge < -0.3 is 9.84 Å². The van der Waals surface area contributed by atoms with Crippen LogP contribution >= 0.6 is 11.3 Å². The molecule has 0 bridgehead atoms. The van der Waals surface area contributed by atoms with E-state index in [2.05, 4.69) is 26.4 Å². The second-order valence-corrected chi connectivity index (χ2v) is 8.64. The van der Waals surface area contributed by atoms with Crippen molar-refractivity contribution in [1.29, 1.82) is 0 Å². The monoisotopic (exact) mass is 400 g/mol. The van der Waals surface area contributed by atoms with Crippen molar-refractivity contribution >= 4 is 17.2 Å². The van der Waals surface area contributed by atoms with E-state index in [0.717, 1.165) is 43.8 Å². The van der Waals surface area contributed by atoms with Gasteiger partial charge in [-0.1, -0.05) is 22.9 Å². The molecule has 1 fully saturated rings. The first-order chi connectivity index (χ1) is 13.8. The number of nitrogens with zero attached hydrogens (tertiary/aromatic N) is 3. The summed E-state index contributed by atoms with van der Waals surface area (Å²) in [5.74, 6) is 1.65. The van der Waals surface area contributed by atoms with Crippen molar-refractivity contribution in [3.63, 3.8) is 0 Å². The zero-order valence-electron chi connectivity index (χ0n) is 16.2. The van der Waals surface area contributed by atoms with Gasteiger partial charge in [-0.2, -0.15) is 4.98 Å². The van der Waals surface area contributed by atoms with Crippen LogP contribution < -0.4 is 5.32 Å². The fourth-order valence-electron chi connectivity index (χ4n) is 3.99. The molecule has 2 aromatic heterocycles. The number of amides is 1. The molecule has 1 amide bonds. The number of aromatic nitrogens is 2. The molecule has 6 nitrogen and oxygen atoms in total. The van der Waals surface area contributed by atoms with E-state index < -0.39 is 0 Å². The van der Waals surface area contributed by atoms with E-state index in [1.54, 1.807) is 11.3 Å². The largest absolute Gasteiger partial charge is 0.356 e. The number of nitrogens with one attached hydrogen (secondary N) is 1. The normalized spacial score (nSPS) is 18.8. The van der Waals surface area contributed by atoms with Crippen LogP contribution in [0.5, 0.6) is 0 Å². The molecule has 28 heavy (non-hydrogen) atoms. The molecule has 0 radical (unpaired) electrons. The van der Waals surface area contributed by atoms with E-state index in [1.807, 2.05) is 17.5 Å². The average molecular weight is 401 g/mol. The lowest BCUT2D eigenvalue weighted by atomic mass is 9.95. The molecule has 2 aliphatic rings. The Kier molecular flexibility index (Phi) is 6.54. The minimum atomic E-state index is 0.126. The second-order valence-electron chi connectivity index (χ2n) is 7.69. The Labute approximate surface area is 170 Å². The quantitative estimate of drug-likeness (QED) is 0.711. The van der Waals surface area contributed by atoms with Gasteiger partial charge in [0.15, 0.2) is 0 Å². The summed E-state index contributed by atoms with van der Waals surface area (Å²) < 4.78 is 5.40. The number of allylic oxidation sites excluding steroid dienone is 1. The molecule has 0 atom stereocenters. The maximum Gasteiger partial charge on any atom is 0.241 e. The van der Waals surface area contributed by atoms with Crippen LogP contribution in [-0.2, 0) is 11.3 Å². The first-order valence-corrected chi connectivity index (χ1v) is 11.2. The van der Waals surface area contributed by atoms with E-state index >= 15 is 0 Å². The first-order valence-electron chi connectivity index (χ1n) is 10.3. The Balaban J connectivity index is 1.18. The maximum absolute atomic E-state index is 12.5. The highest BCUT2D eigenvalue weighted by Gasteiger charge is 2.26. The third kappa shape index (κ3) is 5.08. The molecule has 0 aromatic carbocycles. The van der Waals surface area contributed by atoms with Crippen molar-refractivity contribution in [2.24, 2.45) is 5.92 Å². The Morgan fingerprint density at radius 3 is 2.96 bits per heavy atom. The van der Waals surface area contributed by atoms with Crippen LogP contribution in [0.15, 0.2) is 33.7 Å². The number of hydrogen-bond acceptors (Lipinski definition) is 6. The maximum atomic E-state index is 12.5. The predicted molar refractivity (Wildman–Crippen MR) is 110 cm³/mol. The van der Waals surface area contributed by atoms with Crippen LogP contribution in [0, 0.1) is 5.92 Å². The molecule has 1 aliphatic heterocycles. The Morgan fingerprint density at radius 2 is 2.21 bits per heavy atom. The van der Waals surface area contributed by atoms with Crippen molar-refractivity contribution in [1.82, 2.24) is 20.4 Å². The smallest absolute Gasteiger partial charge is 0.241 e. The number of thiophene rings is 1. The van der Waals surface area contributed by atoms with Crippen LogP contribution in [0.1, 0.15) is 50.8 Å². The highest BCUT2D eigenvalue weighted by atomic mass is 32.1. The van der Waals surface area contributed by atoms with Crippen molar-refractivity contribution < 1.29 is 9.32 Å². The van der Waals surface area contributed by atoms with E-state index in [0.29, 0.717) is 18.3 Å². The third-order valence-electron chi connectivity index (χ3n) is 5.66. The number of rotatable bonds is 7. The Morgan fingerprint density at radius 1 is 1.32 bits per heavy atom. The van der Waals surface area contributed by atoms with Gasteiger partial charge in [0.2, 0.25) is 17.6 Å². The van der Waals surface area contributed by atoms with Crippen LogP contribution in [-0.4, -0.2) is 40.6 Å². The summed E-state index contributed by atoms with van der Waals surface area (Å²) in [7, 11) is 0. The van der Waals surface area contributed by atoms with Crippen LogP contribution in [0.4, 0.5) is 0 Å². The molecule has 1 aliphatic carbocycles. The third-order valence-corrected chi connectivity index (χ3v) is 6.52. The number of hydrogen-bond donors (Lipinski definition) is 1. The molecule has 4 rings (SSSR count). The highest BCUT2D eigenvalue weighted by molar-refractivity contribution is 7.13. The Hall–Kier alpha value is -1.99. The van der Waals surface area contributed by atoms with Crippen molar-refractivity contribution in [2.75, 3.05) is 19.6 Å². The second kappa shape index (κ2) is 9.47. The van der Waals surface area contributed by atoms with Crippen LogP contribution in [0.2, 0.25) is 0 Å². The van der Waals surface area contributed by atoms with Crippen LogP contribution in [0.3, 0.4) is 0 Å². The van der Waals surface area contributed by atoms with Crippen molar-refractivity contribution in [3.05, 3.63) is 35.1 Å². The molecule has 0 spiro atoms. The molecule has 1 N–H and O–H groups in total. The van der Waals surface area contributed by atoms with Gasteiger partial charge in [-0.3, -0.25) is 9.69 Å². The van der Waals surface area contributed by atoms with Crippen LogP contribution in [0.25, 0.3) is 10.7 Å². The summed E-state index contributed by atoms with van der Waals surface area (Å²) in [5.41, 5.74) is 1.52. The standard InChI is InChI=1S/C21H28N4O2S/c26-21(22-11-8-16-5-2-1-3-6-16)17-9-12-25(13-10-17)15-19-23-20(24-27-19)18-7-4-14-28-18/h4-5,7,14,17H,1-3,6,8-13,15H2,(H,22,26). The SMILES string of the molecule is O=C(NCCC1=CCCCC1)C1CCN(Cc2nc(-c3cccs3)no2)CC1. The molecule has 0 saturated carbocycles. The van der Waals surface area contributed by atoms with Gasteiger partial charge in [-0.05, 0) is 69.5 Å². The van der Waals surface area contributed by atoms with Gasteiger partial charge in [-0.15, -0.1) is 11.3 Å². The number of likely N-dealkylation sites (tertiary alicyclic amines) is 1.